The number of thioether (sulfide) groups is 1. The molecule has 2 amide bonds. The Labute approximate surface area is 178 Å². The lowest BCUT2D eigenvalue weighted by Crippen LogP contribution is -2.33. The lowest BCUT2D eigenvalue weighted by molar-refractivity contribution is -0.122. The number of carbonyl (C=O) groups is 2. The molecule has 1 aliphatic heterocycles. The van der Waals surface area contributed by atoms with Gasteiger partial charge in [0, 0.05) is 10.7 Å². The molecule has 0 bridgehead atoms. The van der Waals surface area contributed by atoms with Gasteiger partial charge in [-0.1, -0.05) is 30.3 Å². The zero-order valence-electron chi connectivity index (χ0n) is 15.7. The molecule has 29 heavy (non-hydrogen) atoms. The highest BCUT2D eigenvalue weighted by Crippen LogP contribution is 2.34. The van der Waals surface area contributed by atoms with E-state index in [4.69, 9.17) is 21.1 Å². The maximum absolute atomic E-state index is 12.6. The number of rotatable bonds is 8. The molecule has 3 rings (SSSR count). The largest absolute Gasteiger partial charge is 0.493 e. The molecule has 1 heterocycles. The number of hydrogen-bond acceptors (Lipinski definition) is 6. The number of carbonyl (C=O) groups excluding carboxylic acids is 2. The Bertz CT molecular complexity index is 960. The van der Waals surface area contributed by atoms with Crippen LogP contribution < -0.4 is 14.8 Å². The minimum atomic E-state index is -0.354. The summed E-state index contributed by atoms with van der Waals surface area (Å²) in [7, 11) is 1.54. The number of benzene rings is 2. The predicted octanol–water partition coefficient (Wildman–Crippen LogP) is 5.02. The molecular weight excluding hydrogens is 412 g/mol. The van der Waals surface area contributed by atoms with Crippen LogP contribution in [0.15, 0.2) is 60.0 Å². The van der Waals surface area contributed by atoms with Crippen LogP contribution in [0.5, 0.6) is 11.5 Å². The average molecular weight is 431 g/mol. The maximum atomic E-state index is 12.6. The number of methoxy groups -OCH3 is 1. The molecular formula is C21H19ClN2O4S. The van der Waals surface area contributed by atoms with Crippen LogP contribution in [0.3, 0.4) is 0 Å². The third kappa shape index (κ3) is 5.13. The van der Waals surface area contributed by atoms with E-state index >= 15 is 0 Å². The molecule has 0 unspecified atom stereocenters. The number of amides is 2. The van der Waals surface area contributed by atoms with Crippen LogP contribution in [0.1, 0.15) is 5.56 Å². The fourth-order valence-electron chi connectivity index (χ4n) is 2.57. The number of halogens is 1. The van der Waals surface area contributed by atoms with Crippen molar-refractivity contribution in [3.63, 3.8) is 0 Å². The Balaban J connectivity index is 1.71. The van der Waals surface area contributed by atoms with Crippen LogP contribution in [0.4, 0.5) is 10.5 Å². The third-order valence-electron chi connectivity index (χ3n) is 4.00. The van der Waals surface area contributed by atoms with Crippen LogP contribution in [-0.2, 0) is 4.79 Å². The SMILES string of the molecule is C=CCOc1ccc(C=C2SC(=O)N(CNc3ccc(Cl)cc3)C2=O)cc1OC. The Morgan fingerprint density at radius 3 is 2.62 bits per heavy atom. The molecule has 0 aromatic heterocycles. The van der Waals surface area contributed by atoms with E-state index in [0.717, 1.165) is 27.9 Å². The number of nitrogens with zero attached hydrogens (tertiary/aromatic N) is 1. The summed E-state index contributed by atoms with van der Waals surface area (Å²) in [5.41, 5.74) is 1.49. The summed E-state index contributed by atoms with van der Waals surface area (Å²) in [5, 5.41) is 3.32. The van der Waals surface area contributed by atoms with Crippen LogP contribution in [0.2, 0.25) is 5.02 Å². The van der Waals surface area contributed by atoms with Crippen molar-refractivity contribution in [3.05, 3.63) is 70.6 Å². The van der Waals surface area contributed by atoms with Gasteiger partial charge in [-0.15, -0.1) is 0 Å². The van der Waals surface area contributed by atoms with Crippen molar-refractivity contribution in [2.75, 3.05) is 25.7 Å². The molecule has 1 N–H and O–H groups in total. The van der Waals surface area contributed by atoms with Crippen LogP contribution in [0.25, 0.3) is 6.08 Å². The molecule has 150 valence electrons. The fourth-order valence-corrected chi connectivity index (χ4v) is 3.53. The second-order valence-corrected chi connectivity index (χ2v) is 7.39. The number of imide groups is 1. The van der Waals surface area contributed by atoms with Crippen molar-refractivity contribution in [2.45, 2.75) is 0 Å². The van der Waals surface area contributed by atoms with Crippen molar-refractivity contribution in [1.29, 1.82) is 0 Å². The van der Waals surface area contributed by atoms with E-state index in [1.165, 1.54) is 7.11 Å². The van der Waals surface area contributed by atoms with Crippen LogP contribution in [0, 0.1) is 0 Å². The van der Waals surface area contributed by atoms with Crippen LogP contribution in [-0.4, -0.2) is 36.4 Å². The van der Waals surface area contributed by atoms with Crippen molar-refractivity contribution >= 4 is 46.3 Å². The number of anilines is 1. The van der Waals surface area contributed by atoms with Gasteiger partial charge in [-0.25, -0.2) is 0 Å². The minimum absolute atomic E-state index is 0.0707. The lowest BCUT2D eigenvalue weighted by atomic mass is 10.2. The Kier molecular flexibility index (Phi) is 6.85. The van der Waals surface area contributed by atoms with Gasteiger partial charge in [-0.2, -0.15) is 0 Å². The van der Waals surface area contributed by atoms with E-state index < -0.39 is 0 Å². The summed E-state index contributed by atoms with van der Waals surface area (Å²) < 4.78 is 10.9. The molecule has 2 aromatic carbocycles. The van der Waals surface area contributed by atoms with Gasteiger partial charge in [0.1, 0.15) is 6.61 Å². The van der Waals surface area contributed by atoms with Gasteiger partial charge in [-0.3, -0.25) is 14.5 Å². The maximum Gasteiger partial charge on any atom is 0.295 e. The van der Waals surface area contributed by atoms with E-state index in [-0.39, 0.29) is 17.8 Å². The van der Waals surface area contributed by atoms with Crippen molar-refractivity contribution in [1.82, 2.24) is 4.90 Å². The molecule has 8 heteroatoms. The first-order chi connectivity index (χ1) is 14.0. The normalized spacial score (nSPS) is 15.0. The topological polar surface area (TPSA) is 67.9 Å². The van der Waals surface area contributed by atoms with Gasteiger partial charge < -0.3 is 14.8 Å². The molecule has 0 atom stereocenters. The number of ether oxygens (including phenoxy) is 2. The molecule has 0 radical (unpaired) electrons. The van der Waals surface area contributed by atoms with E-state index in [0.29, 0.717) is 28.0 Å². The van der Waals surface area contributed by atoms with Crippen LogP contribution >= 0.6 is 23.4 Å². The fraction of sp³-hybridized carbons (Fsp3) is 0.143. The quantitative estimate of drug-likeness (QED) is 0.468. The first-order valence-corrected chi connectivity index (χ1v) is 9.88. The first-order valence-electron chi connectivity index (χ1n) is 8.68. The Morgan fingerprint density at radius 1 is 1.17 bits per heavy atom. The second kappa shape index (κ2) is 9.54. The molecule has 0 spiro atoms. The molecule has 2 aromatic rings. The molecule has 1 fully saturated rings. The highest BCUT2D eigenvalue weighted by Gasteiger charge is 2.34. The van der Waals surface area contributed by atoms with E-state index in [9.17, 15) is 9.59 Å². The van der Waals surface area contributed by atoms with E-state index in [2.05, 4.69) is 11.9 Å². The molecule has 0 saturated carbocycles. The van der Waals surface area contributed by atoms with Crippen molar-refractivity contribution < 1.29 is 19.1 Å². The van der Waals surface area contributed by atoms with E-state index in [1.807, 2.05) is 0 Å². The zero-order valence-corrected chi connectivity index (χ0v) is 17.3. The highest BCUT2D eigenvalue weighted by molar-refractivity contribution is 8.18. The number of nitrogens with one attached hydrogen (secondary N) is 1. The van der Waals surface area contributed by atoms with Gasteiger partial charge in [0.05, 0.1) is 18.7 Å². The highest BCUT2D eigenvalue weighted by atomic mass is 35.5. The summed E-state index contributed by atoms with van der Waals surface area (Å²) in [6, 6.07) is 12.3. The van der Waals surface area contributed by atoms with Gasteiger partial charge in [0.2, 0.25) is 0 Å². The second-order valence-electron chi connectivity index (χ2n) is 5.96. The number of hydrogen-bond donors (Lipinski definition) is 1. The first kappa shape index (κ1) is 20.8. The van der Waals surface area contributed by atoms with Gasteiger partial charge >= 0.3 is 0 Å². The Morgan fingerprint density at radius 2 is 1.93 bits per heavy atom. The smallest absolute Gasteiger partial charge is 0.295 e. The van der Waals surface area contributed by atoms with Crippen molar-refractivity contribution in [3.8, 4) is 11.5 Å². The molecule has 1 aliphatic rings. The summed E-state index contributed by atoms with van der Waals surface area (Å²) in [4.78, 5) is 26.4. The van der Waals surface area contributed by atoms with Gasteiger partial charge in [0.15, 0.2) is 11.5 Å². The van der Waals surface area contributed by atoms with E-state index in [1.54, 1.807) is 54.6 Å². The summed E-state index contributed by atoms with van der Waals surface area (Å²) in [5.74, 6) is 0.751. The third-order valence-corrected chi connectivity index (χ3v) is 5.16. The molecule has 0 aliphatic carbocycles. The lowest BCUT2D eigenvalue weighted by Gasteiger charge is -2.14. The Hall–Kier alpha value is -2.90. The molecule has 6 nitrogen and oxygen atoms in total. The molecule has 1 saturated heterocycles. The van der Waals surface area contributed by atoms with Gasteiger partial charge in [-0.05, 0) is 59.8 Å². The summed E-state index contributed by atoms with van der Waals surface area (Å²) >= 11 is 6.76. The predicted molar refractivity (Wildman–Crippen MR) is 116 cm³/mol. The summed E-state index contributed by atoms with van der Waals surface area (Å²) in [6.45, 7) is 4.04. The average Bonchev–Trinajstić information content (AvgIpc) is 2.99. The van der Waals surface area contributed by atoms with Gasteiger partial charge in [0.25, 0.3) is 11.1 Å². The zero-order chi connectivity index (χ0) is 20.8. The summed E-state index contributed by atoms with van der Waals surface area (Å²) in [6.07, 6.45) is 3.30. The minimum Gasteiger partial charge on any atom is -0.493 e. The standard InChI is InChI=1S/C21H19ClN2O4S/c1-3-10-28-17-9-4-14(11-18(17)27-2)12-19-20(25)24(21(26)29-19)13-23-16-7-5-15(22)6-8-16/h3-9,11-12,23H,1,10,13H2,2H3. The van der Waals surface area contributed by atoms with Crippen molar-refractivity contribution in [2.24, 2.45) is 0 Å². The monoisotopic (exact) mass is 430 g/mol.